The predicted octanol–water partition coefficient (Wildman–Crippen LogP) is -0.707. The zero-order valence-electron chi connectivity index (χ0n) is 9.76. The van der Waals surface area contributed by atoms with Crippen molar-refractivity contribution in [2.75, 3.05) is 6.61 Å². The first kappa shape index (κ1) is 16.1. The number of ether oxygens (including phenoxy) is 1. The van der Waals surface area contributed by atoms with Gasteiger partial charge < -0.3 is 30.3 Å². The molecule has 1 aliphatic rings. The molecule has 0 aromatic carbocycles. The van der Waals surface area contributed by atoms with Crippen LogP contribution in [0, 0.1) is 6.07 Å². The zero-order chi connectivity index (χ0) is 13.1. The first-order valence-corrected chi connectivity index (χ1v) is 5.19. The van der Waals surface area contributed by atoms with Crippen LogP contribution in [0.3, 0.4) is 0 Å². The average Bonchev–Trinajstić information content (AvgIpc) is 2.72. The van der Waals surface area contributed by atoms with Gasteiger partial charge in [0.15, 0.2) is 0 Å². The van der Waals surface area contributed by atoms with Crippen molar-refractivity contribution < 1.29 is 42.6 Å². The Labute approximate surface area is 132 Å². The molecule has 0 amide bonds. The van der Waals surface area contributed by atoms with Gasteiger partial charge >= 0.3 is 5.69 Å². The second-order valence-corrected chi connectivity index (χ2v) is 3.76. The number of aliphatic hydroxyl groups is 1. The van der Waals surface area contributed by atoms with E-state index in [2.05, 4.69) is 16.1 Å². The molecule has 9 nitrogen and oxygen atoms in total. The number of hydrogen-bond donors (Lipinski definition) is 2. The van der Waals surface area contributed by atoms with Crippen LogP contribution in [-0.4, -0.2) is 33.4 Å². The van der Waals surface area contributed by atoms with Crippen molar-refractivity contribution in [2.24, 2.45) is 5.11 Å². The molecule has 3 unspecified atom stereocenters. The molecule has 1 aromatic heterocycles. The standard InChI is InChI=1S/C9H10N5O4.Y/c10-13-12-5-3-8(18-6(5)4-15)14-2-1-7(16)11-9(14)17;/h2,5-6,8,15H,3-4H2,(H,11,16,17);/q-1;. The first-order chi connectivity index (χ1) is 8.65. The first-order valence-electron chi connectivity index (χ1n) is 5.19. The van der Waals surface area contributed by atoms with Gasteiger partial charge in [0.1, 0.15) is 6.23 Å². The third-order valence-corrected chi connectivity index (χ3v) is 2.68. The van der Waals surface area contributed by atoms with Crippen molar-refractivity contribution in [1.82, 2.24) is 9.55 Å². The summed E-state index contributed by atoms with van der Waals surface area (Å²) in [6.07, 6.45) is 0.0661. The van der Waals surface area contributed by atoms with Crippen LogP contribution < -0.4 is 11.2 Å². The van der Waals surface area contributed by atoms with Gasteiger partial charge in [0.2, 0.25) is 0 Å². The third kappa shape index (κ3) is 3.52. The minimum Gasteiger partial charge on any atom is -0.394 e. The molecule has 3 atom stereocenters. The molecule has 99 valence electrons. The van der Waals surface area contributed by atoms with Crippen molar-refractivity contribution in [2.45, 2.75) is 24.8 Å². The molecule has 0 saturated carbocycles. The fraction of sp³-hybridized carbons (Fsp3) is 0.556. The summed E-state index contributed by atoms with van der Waals surface area (Å²) in [4.78, 5) is 27.1. The second-order valence-electron chi connectivity index (χ2n) is 3.76. The topological polar surface area (TPSA) is 133 Å². The van der Waals surface area contributed by atoms with Crippen LogP contribution in [0.4, 0.5) is 0 Å². The molecule has 0 bridgehead atoms. The molecular weight excluding hydrogens is 331 g/mol. The molecule has 0 spiro atoms. The van der Waals surface area contributed by atoms with E-state index in [0.29, 0.717) is 0 Å². The van der Waals surface area contributed by atoms with Gasteiger partial charge in [0, 0.05) is 44.0 Å². The normalized spacial score (nSPS) is 25.4. The van der Waals surface area contributed by atoms with Crippen molar-refractivity contribution in [3.05, 3.63) is 43.5 Å². The Balaban J connectivity index is 0.00000180. The molecular formula is C9H10N5O4Y-. The van der Waals surface area contributed by atoms with Gasteiger partial charge in [0.05, 0.1) is 24.3 Å². The minimum atomic E-state index is -0.696. The Hall–Kier alpha value is -0.986. The number of H-pyrrole nitrogens is 1. The van der Waals surface area contributed by atoms with Crippen molar-refractivity contribution in [3.8, 4) is 0 Å². The number of rotatable bonds is 3. The van der Waals surface area contributed by atoms with Gasteiger partial charge in [-0.2, -0.15) is 6.20 Å². The fourth-order valence-corrected chi connectivity index (χ4v) is 1.84. The Morgan fingerprint density at radius 2 is 2.42 bits per heavy atom. The van der Waals surface area contributed by atoms with E-state index in [4.69, 9.17) is 15.4 Å². The van der Waals surface area contributed by atoms with Gasteiger partial charge in [0.25, 0.3) is 0 Å². The van der Waals surface area contributed by atoms with E-state index in [-0.39, 0.29) is 45.7 Å². The van der Waals surface area contributed by atoms with Crippen molar-refractivity contribution >= 4 is 0 Å². The summed E-state index contributed by atoms with van der Waals surface area (Å²) in [5.74, 6) is 0. The summed E-state index contributed by atoms with van der Waals surface area (Å²) in [7, 11) is 0. The summed E-state index contributed by atoms with van der Waals surface area (Å²) in [5, 5.41) is 12.6. The summed E-state index contributed by atoms with van der Waals surface area (Å²) < 4.78 is 6.52. The van der Waals surface area contributed by atoms with Crippen LogP contribution in [0.2, 0.25) is 0 Å². The maximum Gasteiger partial charge on any atom is 0.325 e. The number of aliphatic hydroxyl groups excluding tert-OH is 1. The summed E-state index contributed by atoms with van der Waals surface area (Å²) >= 11 is 0. The Kier molecular flexibility index (Phi) is 5.90. The van der Waals surface area contributed by atoms with E-state index in [0.717, 1.165) is 4.57 Å². The third-order valence-electron chi connectivity index (χ3n) is 2.68. The van der Waals surface area contributed by atoms with E-state index in [9.17, 15) is 9.59 Å². The van der Waals surface area contributed by atoms with Crippen molar-refractivity contribution in [3.63, 3.8) is 0 Å². The number of hydrogen-bond acceptors (Lipinski definition) is 5. The summed E-state index contributed by atoms with van der Waals surface area (Å²) in [6.45, 7) is -0.317. The minimum absolute atomic E-state index is 0. The molecule has 1 aliphatic heterocycles. The maximum atomic E-state index is 11.5. The number of aromatic amines is 1. The van der Waals surface area contributed by atoms with Gasteiger partial charge in [-0.1, -0.05) is 5.11 Å². The SMILES string of the molecule is [N-]=[N+]=NC1CC(n2c[c-]c(=O)[nH]c2=O)OC1CO.[Y]. The Bertz CT molecular complexity index is 593. The maximum absolute atomic E-state index is 11.5. The average molecular weight is 341 g/mol. The van der Waals surface area contributed by atoms with E-state index in [1.165, 1.54) is 6.20 Å². The molecule has 0 aliphatic carbocycles. The molecule has 2 N–H and O–H groups in total. The van der Waals surface area contributed by atoms with Crippen LogP contribution in [0.5, 0.6) is 0 Å². The number of azide groups is 1. The number of aromatic nitrogens is 2. The smallest absolute Gasteiger partial charge is 0.325 e. The van der Waals surface area contributed by atoms with Gasteiger partial charge in [-0.3, -0.25) is 0 Å². The largest absolute Gasteiger partial charge is 0.394 e. The Morgan fingerprint density at radius 1 is 1.68 bits per heavy atom. The van der Waals surface area contributed by atoms with Crippen LogP contribution in [-0.2, 0) is 37.4 Å². The molecule has 2 heterocycles. The quantitative estimate of drug-likeness (QED) is 0.325. The fourth-order valence-electron chi connectivity index (χ4n) is 1.84. The summed E-state index contributed by atoms with van der Waals surface area (Å²) in [6, 6.07) is 1.75. The van der Waals surface area contributed by atoms with E-state index < -0.39 is 29.6 Å². The molecule has 1 aromatic rings. The van der Waals surface area contributed by atoms with E-state index in [1.54, 1.807) is 0 Å². The second kappa shape index (κ2) is 6.97. The van der Waals surface area contributed by atoms with E-state index >= 15 is 0 Å². The van der Waals surface area contributed by atoms with Crippen LogP contribution >= 0.6 is 0 Å². The number of nitrogens with zero attached hydrogens (tertiary/aromatic N) is 4. The molecule has 19 heavy (non-hydrogen) atoms. The van der Waals surface area contributed by atoms with Gasteiger partial charge in [-0.25, -0.2) is 4.79 Å². The van der Waals surface area contributed by atoms with Crippen LogP contribution in [0.1, 0.15) is 12.6 Å². The van der Waals surface area contributed by atoms with Gasteiger partial charge in [-0.15, -0.1) is 0 Å². The molecule has 10 heteroatoms. The molecule has 1 fully saturated rings. The predicted molar refractivity (Wildman–Crippen MR) is 58.7 cm³/mol. The zero-order valence-corrected chi connectivity index (χ0v) is 12.6. The number of nitrogens with one attached hydrogen (secondary N) is 1. The van der Waals surface area contributed by atoms with E-state index in [1.807, 2.05) is 4.98 Å². The van der Waals surface area contributed by atoms with Crippen molar-refractivity contribution in [1.29, 1.82) is 0 Å². The van der Waals surface area contributed by atoms with Gasteiger partial charge in [-0.05, 0) is 5.53 Å². The molecule has 2 rings (SSSR count). The molecule has 1 saturated heterocycles. The molecule has 1 radical (unpaired) electrons. The summed E-state index contributed by atoms with van der Waals surface area (Å²) in [5.41, 5.74) is 7.12. The Morgan fingerprint density at radius 3 is 3.00 bits per heavy atom. The van der Waals surface area contributed by atoms with Crippen LogP contribution in [0.25, 0.3) is 10.4 Å². The van der Waals surface area contributed by atoms with Crippen LogP contribution in [0.15, 0.2) is 20.9 Å². The monoisotopic (exact) mass is 341 g/mol.